The molecule has 0 atom stereocenters. The summed E-state index contributed by atoms with van der Waals surface area (Å²) in [4.78, 5) is 23.3. The minimum Gasteiger partial charge on any atom is -0.481 e. The van der Waals surface area contributed by atoms with Gasteiger partial charge in [-0.25, -0.2) is 0 Å². The lowest BCUT2D eigenvalue weighted by Crippen LogP contribution is -2.38. The smallest absolute Gasteiger partial charge is 0.306 e. The molecule has 1 aliphatic rings. The van der Waals surface area contributed by atoms with Gasteiger partial charge in [0.2, 0.25) is 0 Å². The van der Waals surface area contributed by atoms with Crippen LogP contribution in [0.25, 0.3) is 10.9 Å². The average Bonchev–Trinajstić information content (AvgIpc) is 2.90. The van der Waals surface area contributed by atoms with Crippen LogP contribution in [0.5, 0.6) is 0 Å². The fraction of sp³-hybridized carbons (Fsp3) is 0.400. The van der Waals surface area contributed by atoms with E-state index in [1.165, 1.54) is 0 Å². The molecule has 1 aromatic heterocycles. The minimum atomic E-state index is -0.743. The number of rotatable bonds is 3. The predicted octanol–water partition coefficient (Wildman–Crippen LogP) is 2.70. The van der Waals surface area contributed by atoms with E-state index in [-0.39, 0.29) is 17.9 Å². The Kier molecular flexibility index (Phi) is 4.15. The number of hydrogen-bond acceptors (Lipinski definition) is 3. The first kappa shape index (κ1) is 15.0. The standard InChI is InChI=1S/C15H16BrN3O3/c16-9-3-6-12-11(7-9)13(19-18-12)14(20)17-10-4-1-8(2-5-10)15(21)22/h3,6-8,10H,1-2,4-5H2,(H,17,20)(H,18,19)(H,21,22). The number of carbonyl (C=O) groups excluding carboxylic acids is 1. The molecule has 1 aromatic carbocycles. The summed E-state index contributed by atoms with van der Waals surface area (Å²) in [5.41, 5.74) is 1.18. The van der Waals surface area contributed by atoms with E-state index < -0.39 is 5.97 Å². The van der Waals surface area contributed by atoms with Gasteiger partial charge in [-0.1, -0.05) is 15.9 Å². The summed E-state index contributed by atoms with van der Waals surface area (Å²) in [6, 6.07) is 5.62. The summed E-state index contributed by atoms with van der Waals surface area (Å²) in [7, 11) is 0. The fourth-order valence-electron chi connectivity index (χ4n) is 2.90. The molecule has 1 heterocycles. The fourth-order valence-corrected chi connectivity index (χ4v) is 3.26. The van der Waals surface area contributed by atoms with Crippen molar-refractivity contribution in [1.82, 2.24) is 15.5 Å². The van der Waals surface area contributed by atoms with Gasteiger partial charge >= 0.3 is 5.97 Å². The monoisotopic (exact) mass is 365 g/mol. The van der Waals surface area contributed by atoms with Crippen molar-refractivity contribution in [1.29, 1.82) is 0 Å². The third-order valence-corrected chi connectivity index (χ3v) is 4.64. The number of nitrogens with one attached hydrogen (secondary N) is 2. The molecule has 116 valence electrons. The Balaban J connectivity index is 1.69. The molecule has 1 amide bonds. The van der Waals surface area contributed by atoms with Crippen LogP contribution in [0.1, 0.15) is 36.2 Å². The number of carboxylic acid groups (broad SMARTS) is 1. The number of carbonyl (C=O) groups is 2. The van der Waals surface area contributed by atoms with Gasteiger partial charge < -0.3 is 10.4 Å². The van der Waals surface area contributed by atoms with Crippen molar-refractivity contribution in [2.45, 2.75) is 31.7 Å². The van der Waals surface area contributed by atoms with Crippen LogP contribution in [-0.2, 0) is 4.79 Å². The molecule has 0 saturated heterocycles. The molecule has 0 bridgehead atoms. The van der Waals surface area contributed by atoms with E-state index in [1.807, 2.05) is 18.2 Å². The van der Waals surface area contributed by atoms with E-state index in [1.54, 1.807) is 0 Å². The van der Waals surface area contributed by atoms with Gasteiger partial charge in [-0.3, -0.25) is 14.7 Å². The number of aromatic amines is 1. The van der Waals surface area contributed by atoms with Gasteiger partial charge in [-0.15, -0.1) is 0 Å². The molecule has 0 radical (unpaired) electrons. The van der Waals surface area contributed by atoms with Gasteiger partial charge in [-0.05, 0) is 43.9 Å². The summed E-state index contributed by atoms with van der Waals surface area (Å²) < 4.78 is 0.886. The van der Waals surface area contributed by atoms with Gasteiger partial charge in [0.05, 0.1) is 11.4 Å². The Morgan fingerprint density at radius 1 is 1.27 bits per heavy atom. The highest BCUT2D eigenvalue weighted by Crippen LogP contribution is 2.25. The number of fused-ring (bicyclic) bond motifs is 1. The summed E-state index contributed by atoms with van der Waals surface area (Å²) in [5.74, 6) is -1.24. The van der Waals surface area contributed by atoms with Gasteiger partial charge in [0.25, 0.3) is 5.91 Å². The zero-order valence-electron chi connectivity index (χ0n) is 11.8. The predicted molar refractivity (Wildman–Crippen MR) is 84.6 cm³/mol. The summed E-state index contributed by atoms with van der Waals surface area (Å²) in [6.07, 6.45) is 2.59. The SMILES string of the molecule is O=C(NC1CCC(C(=O)O)CC1)c1n[nH]c2ccc(Br)cc12. The van der Waals surface area contributed by atoms with Crippen LogP contribution in [0.3, 0.4) is 0 Å². The number of benzene rings is 1. The maximum atomic E-state index is 12.4. The molecular weight excluding hydrogens is 350 g/mol. The molecule has 2 aromatic rings. The van der Waals surface area contributed by atoms with Gasteiger partial charge in [0.1, 0.15) is 0 Å². The van der Waals surface area contributed by atoms with Gasteiger partial charge in [0, 0.05) is 15.9 Å². The van der Waals surface area contributed by atoms with Crippen LogP contribution >= 0.6 is 15.9 Å². The van der Waals surface area contributed by atoms with Crippen LogP contribution in [0.2, 0.25) is 0 Å². The number of aromatic nitrogens is 2. The third kappa shape index (κ3) is 2.99. The van der Waals surface area contributed by atoms with E-state index in [0.29, 0.717) is 31.4 Å². The second kappa shape index (κ2) is 6.08. The molecule has 0 spiro atoms. The molecule has 1 saturated carbocycles. The molecule has 3 N–H and O–H groups in total. The van der Waals surface area contributed by atoms with Crippen LogP contribution in [-0.4, -0.2) is 33.2 Å². The number of amides is 1. The summed E-state index contributed by atoms with van der Waals surface area (Å²) in [5, 5.41) is 19.7. The first-order valence-electron chi connectivity index (χ1n) is 7.22. The van der Waals surface area contributed by atoms with Crippen LogP contribution in [0.4, 0.5) is 0 Å². The zero-order chi connectivity index (χ0) is 15.7. The topological polar surface area (TPSA) is 95.1 Å². The Bertz CT molecular complexity index is 720. The number of carboxylic acids is 1. The lowest BCUT2D eigenvalue weighted by Gasteiger charge is -2.26. The molecule has 3 rings (SSSR count). The molecule has 1 aliphatic carbocycles. The van der Waals surface area contributed by atoms with Gasteiger partial charge in [-0.2, -0.15) is 5.10 Å². The Labute approximate surface area is 135 Å². The average molecular weight is 366 g/mol. The normalized spacial score (nSPS) is 21.7. The van der Waals surface area contributed by atoms with Crippen molar-refractivity contribution < 1.29 is 14.7 Å². The van der Waals surface area contributed by atoms with Crippen molar-refractivity contribution in [2.75, 3.05) is 0 Å². The number of H-pyrrole nitrogens is 1. The van der Waals surface area contributed by atoms with Crippen molar-refractivity contribution in [3.8, 4) is 0 Å². The molecule has 0 aliphatic heterocycles. The highest BCUT2D eigenvalue weighted by atomic mass is 79.9. The molecule has 7 heteroatoms. The van der Waals surface area contributed by atoms with Crippen molar-refractivity contribution in [3.63, 3.8) is 0 Å². The molecule has 1 fully saturated rings. The number of aliphatic carboxylic acids is 1. The number of halogens is 1. The maximum absolute atomic E-state index is 12.4. The minimum absolute atomic E-state index is 0.0157. The zero-order valence-corrected chi connectivity index (χ0v) is 13.4. The van der Waals surface area contributed by atoms with E-state index in [0.717, 1.165) is 15.4 Å². The quantitative estimate of drug-likeness (QED) is 0.778. The first-order valence-corrected chi connectivity index (χ1v) is 8.01. The largest absolute Gasteiger partial charge is 0.481 e. The molecule has 0 unspecified atom stereocenters. The molecule has 6 nitrogen and oxygen atoms in total. The second-order valence-electron chi connectivity index (χ2n) is 5.62. The Hall–Kier alpha value is -1.89. The van der Waals surface area contributed by atoms with E-state index in [4.69, 9.17) is 5.11 Å². The summed E-state index contributed by atoms with van der Waals surface area (Å²) >= 11 is 3.39. The van der Waals surface area contributed by atoms with E-state index in [2.05, 4.69) is 31.4 Å². The first-order chi connectivity index (χ1) is 10.5. The van der Waals surface area contributed by atoms with Crippen LogP contribution in [0.15, 0.2) is 22.7 Å². The number of hydrogen-bond donors (Lipinski definition) is 3. The maximum Gasteiger partial charge on any atom is 0.306 e. The highest BCUT2D eigenvalue weighted by molar-refractivity contribution is 9.10. The van der Waals surface area contributed by atoms with E-state index >= 15 is 0 Å². The third-order valence-electron chi connectivity index (χ3n) is 4.15. The molecule has 22 heavy (non-hydrogen) atoms. The van der Waals surface area contributed by atoms with Gasteiger partial charge in [0.15, 0.2) is 5.69 Å². The molecular formula is C15H16BrN3O3. The number of nitrogens with zero attached hydrogens (tertiary/aromatic N) is 1. The Morgan fingerprint density at radius 2 is 2.00 bits per heavy atom. The van der Waals surface area contributed by atoms with Crippen molar-refractivity contribution in [3.05, 3.63) is 28.4 Å². The Morgan fingerprint density at radius 3 is 2.68 bits per heavy atom. The van der Waals surface area contributed by atoms with E-state index in [9.17, 15) is 9.59 Å². The lowest BCUT2D eigenvalue weighted by molar-refractivity contribution is -0.142. The van der Waals surface area contributed by atoms with Crippen molar-refractivity contribution >= 4 is 38.7 Å². The second-order valence-corrected chi connectivity index (χ2v) is 6.54. The highest BCUT2D eigenvalue weighted by Gasteiger charge is 2.27. The lowest BCUT2D eigenvalue weighted by atomic mass is 9.86. The van der Waals surface area contributed by atoms with Crippen LogP contribution in [0, 0.1) is 5.92 Å². The van der Waals surface area contributed by atoms with Crippen LogP contribution < -0.4 is 5.32 Å². The summed E-state index contributed by atoms with van der Waals surface area (Å²) in [6.45, 7) is 0. The van der Waals surface area contributed by atoms with Crippen molar-refractivity contribution in [2.24, 2.45) is 5.92 Å².